The van der Waals surface area contributed by atoms with Gasteiger partial charge >= 0.3 is 0 Å². The molecule has 1 aliphatic rings. The summed E-state index contributed by atoms with van der Waals surface area (Å²) in [6.45, 7) is 0.192. The summed E-state index contributed by atoms with van der Waals surface area (Å²) in [5, 5.41) is 13.9. The molecule has 3 aromatic carbocycles. The summed E-state index contributed by atoms with van der Waals surface area (Å²) in [5.74, 6) is 0.372. The summed E-state index contributed by atoms with van der Waals surface area (Å²) in [7, 11) is -3.78. The van der Waals surface area contributed by atoms with Crippen LogP contribution < -0.4 is 15.0 Å². The zero-order chi connectivity index (χ0) is 25.2. The monoisotopic (exact) mass is 495 g/mol. The fourth-order valence-corrected chi connectivity index (χ4v) is 4.35. The number of para-hydroxylation sites is 1. The van der Waals surface area contributed by atoms with Crippen molar-refractivity contribution in [2.24, 2.45) is 0 Å². The van der Waals surface area contributed by atoms with Crippen LogP contribution >= 0.6 is 0 Å². The summed E-state index contributed by atoms with van der Waals surface area (Å²) < 4.78 is 29.5. The van der Waals surface area contributed by atoms with E-state index in [9.17, 15) is 28.1 Å². The maximum atomic E-state index is 12.7. The predicted octanol–water partition coefficient (Wildman–Crippen LogP) is 3.33. The van der Waals surface area contributed by atoms with Crippen molar-refractivity contribution in [3.8, 4) is 11.5 Å². The van der Waals surface area contributed by atoms with Crippen LogP contribution in [0.3, 0.4) is 0 Å². The largest absolute Gasteiger partial charge is 0.457 e. The fraction of sp³-hybridized carbons (Fsp3) is 0.167. The number of nitrogens with one attached hydrogen (secondary N) is 1. The van der Waals surface area contributed by atoms with Crippen LogP contribution in [0, 0.1) is 10.1 Å². The lowest BCUT2D eigenvalue weighted by molar-refractivity contribution is -0.385. The van der Waals surface area contributed by atoms with Gasteiger partial charge in [-0.05, 0) is 42.5 Å². The summed E-state index contributed by atoms with van der Waals surface area (Å²) in [6.07, 6.45) is 0.930. The molecule has 1 aliphatic heterocycles. The second-order valence-electron chi connectivity index (χ2n) is 8.03. The van der Waals surface area contributed by atoms with E-state index in [1.807, 2.05) is 30.3 Å². The molecule has 1 atom stereocenters. The normalized spacial score (nSPS) is 15.6. The van der Waals surface area contributed by atoms with Gasteiger partial charge in [-0.25, -0.2) is 8.42 Å². The number of hydrogen-bond acceptors (Lipinski definition) is 7. The van der Waals surface area contributed by atoms with Crippen molar-refractivity contribution in [2.75, 3.05) is 17.7 Å². The number of nitro groups is 1. The quantitative estimate of drug-likeness (QED) is 0.392. The van der Waals surface area contributed by atoms with Crippen molar-refractivity contribution in [1.29, 1.82) is 0 Å². The SMILES string of the molecule is CS(=O)(=O)c1cc(C(=O)NC2CC(=O)N(c3ccc(Oc4ccccc4)cc3)C2)cc([N+](=O)[O-])c1. The topological polar surface area (TPSA) is 136 Å². The van der Waals surface area contributed by atoms with Crippen LogP contribution in [0.4, 0.5) is 11.4 Å². The molecule has 0 bridgehead atoms. The Morgan fingerprint density at radius 1 is 1.06 bits per heavy atom. The van der Waals surface area contributed by atoms with Crippen LogP contribution in [0.2, 0.25) is 0 Å². The molecule has 11 heteroatoms. The molecule has 1 unspecified atom stereocenters. The van der Waals surface area contributed by atoms with E-state index in [0.29, 0.717) is 17.2 Å². The Bertz CT molecular complexity index is 1390. The number of amides is 2. The third kappa shape index (κ3) is 5.64. The molecule has 0 saturated carbocycles. The van der Waals surface area contributed by atoms with Crippen LogP contribution in [0.25, 0.3) is 0 Å². The minimum Gasteiger partial charge on any atom is -0.457 e. The second-order valence-corrected chi connectivity index (χ2v) is 10.0. The van der Waals surface area contributed by atoms with Crippen molar-refractivity contribution in [1.82, 2.24) is 5.32 Å². The smallest absolute Gasteiger partial charge is 0.271 e. The van der Waals surface area contributed by atoms with E-state index in [1.165, 1.54) is 4.90 Å². The molecule has 4 rings (SSSR count). The van der Waals surface area contributed by atoms with Crippen molar-refractivity contribution >= 4 is 33.0 Å². The molecule has 3 aromatic rings. The van der Waals surface area contributed by atoms with Crippen LogP contribution in [-0.4, -0.2) is 44.0 Å². The number of hydrogen-bond donors (Lipinski definition) is 1. The van der Waals surface area contributed by atoms with Gasteiger partial charge in [-0.1, -0.05) is 18.2 Å². The number of anilines is 1. The summed E-state index contributed by atoms with van der Waals surface area (Å²) in [4.78, 5) is 36.9. The van der Waals surface area contributed by atoms with Gasteiger partial charge in [0.05, 0.1) is 15.9 Å². The van der Waals surface area contributed by atoms with E-state index in [-0.39, 0.29) is 29.3 Å². The van der Waals surface area contributed by atoms with Gasteiger partial charge in [-0.15, -0.1) is 0 Å². The molecule has 0 aromatic heterocycles. The molecule has 1 saturated heterocycles. The number of benzene rings is 3. The standard InChI is InChI=1S/C24H21N3O7S/c1-35(32,33)22-12-16(11-19(14-22)27(30)31)24(29)25-17-13-23(28)26(15-17)18-7-9-21(10-8-18)34-20-5-3-2-4-6-20/h2-12,14,17H,13,15H2,1H3,(H,25,29). The first kappa shape index (κ1) is 23.9. The Labute approximate surface area is 201 Å². The van der Waals surface area contributed by atoms with Crippen LogP contribution in [0.1, 0.15) is 16.8 Å². The molecule has 2 amide bonds. The van der Waals surface area contributed by atoms with Crippen molar-refractivity contribution in [3.05, 3.63) is 88.5 Å². The molecule has 1 N–H and O–H groups in total. The minimum atomic E-state index is -3.78. The average Bonchev–Trinajstić information content (AvgIpc) is 3.19. The van der Waals surface area contributed by atoms with Crippen molar-refractivity contribution < 1.29 is 27.7 Å². The van der Waals surface area contributed by atoms with Gasteiger partial charge in [0, 0.05) is 42.6 Å². The number of nitrogens with zero attached hydrogens (tertiary/aromatic N) is 2. The molecular weight excluding hydrogens is 474 g/mol. The molecule has 180 valence electrons. The fourth-order valence-electron chi connectivity index (χ4n) is 3.68. The first-order valence-electron chi connectivity index (χ1n) is 10.5. The highest BCUT2D eigenvalue weighted by Gasteiger charge is 2.32. The van der Waals surface area contributed by atoms with E-state index >= 15 is 0 Å². The summed E-state index contributed by atoms with van der Waals surface area (Å²) in [5.41, 5.74) is -0.0604. The summed E-state index contributed by atoms with van der Waals surface area (Å²) in [6, 6.07) is 18.6. The highest BCUT2D eigenvalue weighted by atomic mass is 32.2. The first-order valence-corrected chi connectivity index (χ1v) is 12.4. The lowest BCUT2D eigenvalue weighted by Gasteiger charge is -2.18. The number of carbonyl (C=O) groups excluding carboxylic acids is 2. The number of rotatable bonds is 7. The highest BCUT2D eigenvalue weighted by Crippen LogP contribution is 2.27. The first-order chi connectivity index (χ1) is 16.6. The van der Waals surface area contributed by atoms with E-state index < -0.39 is 32.4 Å². The van der Waals surface area contributed by atoms with Gasteiger partial charge in [0.2, 0.25) is 5.91 Å². The van der Waals surface area contributed by atoms with Crippen LogP contribution in [0.5, 0.6) is 11.5 Å². The number of non-ortho nitro benzene ring substituents is 1. The molecule has 35 heavy (non-hydrogen) atoms. The van der Waals surface area contributed by atoms with Gasteiger partial charge in [-0.2, -0.15) is 0 Å². The van der Waals surface area contributed by atoms with Crippen molar-refractivity contribution in [3.63, 3.8) is 0 Å². The zero-order valence-electron chi connectivity index (χ0n) is 18.6. The maximum absolute atomic E-state index is 12.7. The second kappa shape index (κ2) is 9.55. The average molecular weight is 496 g/mol. The van der Waals surface area contributed by atoms with E-state index in [0.717, 1.165) is 24.5 Å². The van der Waals surface area contributed by atoms with E-state index in [2.05, 4.69) is 5.32 Å². The number of ether oxygens (including phenoxy) is 1. The van der Waals surface area contributed by atoms with Crippen LogP contribution in [-0.2, 0) is 14.6 Å². The van der Waals surface area contributed by atoms with E-state index in [4.69, 9.17) is 4.74 Å². The van der Waals surface area contributed by atoms with Crippen molar-refractivity contribution in [2.45, 2.75) is 17.4 Å². The molecule has 1 heterocycles. The molecule has 10 nitrogen and oxygen atoms in total. The van der Waals surface area contributed by atoms with Crippen LogP contribution in [0.15, 0.2) is 77.7 Å². The highest BCUT2D eigenvalue weighted by molar-refractivity contribution is 7.90. The maximum Gasteiger partial charge on any atom is 0.271 e. The zero-order valence-corrected chi connectivity index (χ0v) is 19.4. The lowest BCUT2D eigenvalue weighted by atomic mass is 10.1. The molecular formula is C24H21N3O7S. The Morgan fingerprint density at radius 2 is 1.71 bits per heavy atom. The Hall–Kier alpha value is -4.25. The Morgan fingerprint density at radius 3 is 2.34 bits per heavy atom. The lowest BCUT2D eigenvalue weighted by Crippen LogP contribution is -2.37. The molecule has 0 radical (unpaired) electrons. The van der Waals surface area contributed by atoms with Gasteiger partial charge in [0.25, 0.3) is 11.6 Å². The van der Waals surface area contributed by atoms with Gasteiger partial charge < -0.3 is 15.0 Å². The Balaban J connectivity index is 1.45. The van der Waals surface area contributed by atoms with Gasteiger partial charge in [0.1, 0.15) is 11.5 Å². The number of sulfone groups is 1. The third-order valence-electron chi connectivity index (χ3n) is 5.38. The Kier molecular flexibility index (Phi) is 6.52. The molecule has 0 aliphatic carbocycles. The molecule has 1 fully saturated rings. The summed E-state index contributed by atoms with van der Waals surface area (Å²) >= 11 is 0. The van der Waals surface area contributed by atoms with Gasteiger partial charge in [-0.3, -0.25) is 19.7 Å². The predicted molar refractivity (Wildman–Crippen MR) is 127 cm³/mol. The van der Waals surface area contributed by atoms with E-state index in [1.54, 1.807) is 24.3 Å². The third-order valence-corrected chi connectivity index (χ3v) is 6.47. The van der Waals surface area contributed by atoms with Gasteiger partial charge in [0.15, 0.2) is 9.84 Å². The number of carbonyl (C=O) groups is 2. The minimum absolute atomic E-state index is 0.0296. The molecule has 0 spiro atoms. The number of nitro benzene ring substituents is 1.